The molecule has 0 aliphatic carbocycles. The number of carbonyl (C=O) groups excluding carboxylic acids is 1. The summed E-state index contributed by atoms with van der Waals surface area (Å²) in [6.45, 7) is 3.17. The number of hydrogen-bond donors (Lipinski definition) is 3. The molecule has 2 heterocycles. The van der Waals surface area contributed by atoms with Crippen molar-refractivity contribution in [1.29, 1.82) is 0 Å². The Morgan fingerprint density at radius 1 is 0.895 bits per heavy atom. The maximum Gasteiger partial charge on any atom is 0.231 e. The van der Waals surface area contributed by atoms with Crippen LogP contribution in [0, 0.1) is 6.92 Å². The number of pyridine rings is 2. The second kappa shape index (κ2) is 11.6. The summed E-state index contributed by atoms with van der Waals surface area (Å²) in [6, 6.07) is 14.3. The second-order valence-corrected chi connectivity index (χ2v) is 8.74. The Kier molecular flexibility index (Phi) is 8.03. The molecule has 194 valence electrons. The zero-order valence-electron chi connectivity index (χ0n) is 21.5. The second-order valence-electron chi connectivity index (χ2n) is 8.74. The summed E-state index contributed by atoms with van der Waals surface area (Å²) in [4.78, 5) is 16.0. The molecule has 0 unspecified atom stereocenters. The van der Waals surface area contributed by atoms with Crippen LogP contribution in [0.15, 0.2) is 60.9 Å². The summed E-state index contributed by atoms with van der Waals surface area (Å²) in [5.41, 5.74) is 11.2. The molecule has 8 nitrogen and oxygen atoms in total. The van der Waals surface area contributed by atoms with Crippen LogP contribution in [0.25, 0.3) is 34.7 Å². The zero-order chi connectivity index (χ0) is 27.2. The number of carbonyl (C=O) groups is 1. The number of benzene rings is 2. The number of nitrogens with zero attached hydrogens (tertiary/aromatic N) is 2. The van der Waals surface area contributed by atoms with Gasteiger partial charge in [0.05, 0.1) is 20.8 Å². The van der Waals surface area contributed by atoms with Crippen molar-refractivity contribution >= 4 is 18.4 Å². The lowest BCUT2D eigenvalue weighted by Crippen LogP contribution is -2.39. The highest BCUT2D eigenvalue weighted by molar-refractivity contribution is 5.88. The van der Waals surface area contributed by atoms with Crippen LogP contribution >= 0.6 is 0 Å². The van der Waals surface area contributed by atoms with Gasteiger partial charge >= 0.3 is 0 Å². The number of aryl methyl sites for hydroxylation is 1. The van der Waals surface area contributed by atoms with Crippen molar-refractivity contribution < 1.29 is 29.0 Å². The van der Waals surface area contributed by atoms with Crippen molar-refractivity contribution in [2.45, 2.75) is 13.5 Å². The van der Waals surface area contributed by atoms with Gasteiger partial charge in [0, 0.05) is 35.0 Å². The Morgan fingerprint density at radius 3 is 2.13 bits per heavy atom. The standard InChI is InChI=1S/C30H29N3O5/c1-19-6-9-32-25(12-19)26-15-20(7-10-33(26)11-8-31)4-5-21-13-23(29(35)27(16-21)37-2)24-14-22(18-34)17-28(38-3)30(24)36/h4-7,9-10,12-18H,8,11,31H2,1-3H3,(H,32,34,36)/p+1. The molecule has 4 aromatic rings. The molecule has 0 fully saturated rings. The lowest BCUT2D eigenvalue weighted by atomic mass is 9.97. The summed E-state index contributed by atoms with van der Waals surface area (Å²) in [7, 11) is 2.84. The van der Waals surface area contributed by atoms with E-state index in [4.69, 9.17) is 15.2 Å². The van der Waals surface area contributed by atoms with Gasteiger partial charge in [-0.3, -0.25) is 4.79 Å². The van der Waals surface area contributed by atoms with Gasteiger partial charge in [-0.1, -0.05) is 12.2 Å². The molecule has 0 amide bonds. The third-order valence-electron chi connectivity index (χ3n) is 6.14. The first-order valence-electron chi connectivity index (χ1n) is 12.0. The molecule has 2 aromatic heterocycles. The fraction of sp³-hybridized carbons (Fsp3) is 0.167. The first-order chi connectivity index (χ1) is 18.4. The Balaban J connectivity index is 1.79. The van der Waals surface area contributed by atoms with Crippen LogP contribution in [-0.4, -0.2) is 42.2 Å². The smallest absolute Gasteiger partial charge is 0.231 e. The van der Waals surface area contributed by atoms with E-state index in [-0.39, 0.29) is 28.6 Å². The average Bonchev–Trinajstić information content (AvgIpc) is 2.93. The summed E-state index contributed by atoms with van der Waals surface area (Å²) in [6.07, 6.45) is 8.22. The summed E-state index contributed by atoms with van der Waals surface area (Å²) >= 11 is 0. The third kappa shape index (κ3) is 5.50. The molecule has 4 rings (SSSR count). The summed E-state index contributed by atoms with van der Waals surface area (Å²) in [5.74, 6) is -0.0217. The molecular formula is C30H30N3O5+. The molecule has 0 aliphatic rings. The highest BCUT2D eigenvalue weighted by Crippen LogP contribution is 2.45. The number of ether oxygens (including phenoxy) is 2. The molecule has 8 heteroatoms. The van der Waals surface area contributed by atoms with Crippen LogP contribution < -0.4 is 19.8 Å². The number of phenolic OH excluding ortho intramolecular Hbond substituents is 2. The lowest BCUT2D eigenvalue weighted by molar-refractivity contribution is -0.683. The molecule has 0 aliphatic heterocycles. The minimum atomic E-state index is -0.195. The molecule has 0 spiro atoms. The number of methoxy groups -OCH3 is 2. The monoisotopic (exact) mass is 512 g/mol. The van der Waals surface area contributed by atoms with E-state index in [0.717, 1.165) is 22.5 Å². The van der Waals surface area contributed by atoms with Crippen LogP contribution in [0.2, 0.25) is 0 Å². The van der Waals surface area contributed by atoms with E-state index >= 15 is 0 Å². The fourth-order valence-corrected chi connectivity index (χ4v) is 4.22. The molecule has 0 radical (unpaired) electrons. The van der Waals surface area contributed by atoms with Gasteiger partial charge < -0.3 is 25.4 Å². The summed E-state index contributed by atoms with van der Waals surface area (Å²) < 4.78 is 12.7. The minimum Gasteiger partial charge on any atom is -0.504 e. The Hall–Kier alpha value is -4.69. The summed E-state index contributed by atoms with van der Waals surface area (Å²) in [5, 5.41) is 21.6. The van der Waals surface area contributed by atoms with Crippen LogP contribution in [0.5, 0.6) is 23.0 Å². The molecule has 0 bridgehead atoms. The number of aromatic nitrogens is 2. The van der Waals surface area contributed by atoms with E-state index < -0.39 is 0 Å². The van der Waals surface area contributed by atoms with Crippen molar-refractivity contribution in [3.63, 3.8) is 0 Å². The van der Waals surface area contributed by atoms with Gasteiger partial charge in [0.25, 0.3) is 0 Å². The highest BCUT2D eigenvalue weighted by atomic mass is 16.5. The minimum absolute atomic E-state index is 0.122. The molecule has 0 atom stereocenters. The van der Waals surface area contributed by atoms with E-state index in [0.29, 0.717) is 36.1 Å². The number of phenols is 2. The van der Waals surface area contributed by atoms with Gasteiger partial charge in [0.1, 0.15) is 12.0 Å². The van der Waals surface area contributed by atoms with Gasteiger partial charge in [0.2, 0.25) is 5.69 Å². The molecule has 0 saturated heterocycles. The van der Waals surface area contributed by atoms with Crippen molar-refractivity contribution in [2.75, 3.05) is 20.8 Å². The van der Waals surface area contributed by atoms with Crippen LogP contribution in [0.4, 0.5) is 0 Å². The van der Waals surface area contributed by atoms with Crippen molar-refractivity contribution in [3.05, 3.63) is 83.2 Å². The maximum absolute atomic E-state index is 11.5. The number of aromatic hydroxyl groups is 2. The number of hydrogen-bond acceptors (Lipinski definition) is 7. The Bertz CT molecular complexity index is 1510. The van der Waals surface area contributed by atoms with Crippen LogP contribution in [-0.2, 0) is 6.54 Å². The topological polar surface area (TPSA) is 119 Å². The van der Waals surface area contributed by atoms with Crippen LogP contribution in [0.1, 0.15) is 27.0 Å². The third-order valence-corrected chi connectivity index (χ3v) is 6.14. The van der Waals surface area contributed by atoms with Crippen molar-refractivity contribution in [2.24, 2.45) is 5.73 Å². The van der Waals surface area contributed by atoms with Gasteiger partial charge in [-0.2, -0.15) is 4.57 Å². The zero-order valence-corrected chi connectivity index (χ0v) is 21.5. The van der Waals surface area contributed by atoms with Gasteiger partial charge in [0.15, 0.2) is 35.7 Å². The van der Waals surface area contributed by atoms with E-state index in [1.54, 1.807) is 18.3 Å². The number of aldehydes is 1. The lowest BCUT2D eigenvalue weighted by Gasteiger charge is -2.14. The molecule has 4 N–H and O–H groups in total. The van der Waals surface area contributed by atoms with Crippen molar-refractivity contribution in [3.8, 4) is 45.5 Å². The SMILES string of the molecule is COc1cc(C=O)cc(-c2cc(/C=C/c3cc[n+](CCN)c(-c4cc(C)ccn4)c3)cc(OC)c2O)c1O. The normalized spacial score (nSPS) is 11.1. The quantitative estimate of drug-likeness (QED) is 0.225. The first kappa shape index (κ1) is 26.4. The predicted octanol–water partition coefficient (Wildman–Crippen LogP) is 4.38. The Morgan fingerprint density at radius 2 is 1.53 bits per heavy atom. The molecule has 38 heavy (non-hydrogen) atoms. The largest absolute Gasteiger partial charge is 0.504 e. The van der Waals surface area contributed by atoms with E-state index in [1.165, 1.54) is 26.4 Å². The number of nitrogens with two attached hydrogens (primary N) is 1. The van der Waals surface area contributed by atoms with Crippen molar-refractivity contribution in [1.82, 2.24) is 4.98 Å². The number of rotatable bonds is 9. The first-order valence-corrected chi connectivity index (χ1v) is 12.0. The molecule has 0 saturated carbocycles. The van der Waals surface area contributed by atoms with Crippen LogP contribution in [0.3, 0.4) is 0 Å². The van der Waals surface area contributed by atoms with E-state index in [2.05, 4.69) is 9.55 Å². The van der Waals surface area contributed by atoms with Gasteiger partial charge in [-0.25, -0.2) is 4.98 Å². The van der Waals surface area contributed by atoms with Gasteiger partial charge in [-0.05, 0) is 60.0 Å². The Labute approximate surface area is 221 Å². The van der Waals surface area contributed by atoms with E-state index in [9.17, 15) is 15.0 Å². The molecule has 2 aromatic carbocycles. The van der Waals surface area contributed by atoms with Gasteiger partial charge in [-0.15, -0.1) is 0 Å². The average molecular weight is 513 g/mol. The molecular weight excluding hydrogens is 482 g/mol. The highest BCUT2D eigenvalue weighted by Gasteiger charge is 2.19. The predicted molar refractivity (Wildman–Crippen MR) is 146 cm³/mol. The maximum atomic E-state index is 11.5. The van der Waals surface area contributed by atoms with E-state index in [1.807, 2.05) is 49.5 Å². The fourth-order valence-electron chi connectivity index (χ4n) is 4.22.